The lowest BCUT2D eigenvalue weighted by Gasteiger charge is -2.38. The van der Waals surface area contributed by atoms with Gasteiger partial charge in [-0.05, 0) is 30.5 Å². The fourth-order valence-electron chi connectivity index (χ4n) is 2.60. The first-order valence-electron chi connectivity index (χ1n) is 5.84. The number of carboxylic acids is 1. The maximum absolute atomic E-state index is 11.5. The van der Waals surface area contributed by atoms with Gasteiger partial charge in [0.15, 0.2) is 0 Å². The van der Waals surface area contributed by atoms with Gasteiger partial charge < -0.3 is 15.3 Å². The van der Waals surface area contributed by atoms with Crippen molar-refractivity contribution in [1.29, 1.82) is 0 Å². The van der Waals surface area contributed by atoms with E-state index in [2.05, 4.69) is 0 Å². The van der Waals surface area contributed by atoms with Gasteiger partial charge in [0.1, 0.15) is 5.60 Å². The summed E-state index contributed by atoms with van der Waals surface area (Å²) in [5.41, 5.74) is -3.75. The van der Waals surface area contributed by atoms with Crippen LogP contribution in [0.15, 0.2) is 24.3 Å². The summed E-state index contributed by atoms with van der Waals surface area (Å²) in [6.45, 7) is 0. The highest BCUT2D eigenvalue weighted by atomic mass is 35.5. The summed E-state index contributed by atoms with van der Waals surface area (Å²) in [6.07, 6.45) is 1.97. The molecule has 0 unspecified atom stereocenters. The average Bonchev–Trinajstić information content (AvgIpc) is 2.77. The number of hydrogen-bond donors (Lipinski definition) is 3. The van der Waals surface area contributed by atoms with Gasteiger partial charge in [0.25, 0.3) is 0 Å². The number of benzene rings is 1. The highest BCUT2D eigenvalue weighted by Crippen LogP contribution is 2.44. The number of halogens is 1. The molecule has 18 heavy (non-hydrogen) atoms. The minimum atomic E-state index is -2.28. The van der Waals surface area contributed by atoms with Gasteiger partial charge in [-0.3, -0.25) is 0 Å². The van der Waals surface area contributed by atoms with Gasteiger partial charge in [0.2, 0.25) is 5.60 Å². The number of hydrogen-bond acceptors (Lipinski definition) is 3. The zero-order chi connectivity index (χ0) is 13.4. The molecule has 1 fully saturated rings. The fourth-order valence-corrected chi connectivity index (χ4v) is 2.73. The smallest absolute Gasteiger partial charge is 0.343 e. The van der Waals surface area contributed by atoms with Crippen LogP contribution in [0.25, 0.3) is 0 Å². The fraction of sp³-hybridized carbons (Fsp3) is 0.462. The molecule has 0 bridgehead atoms. The summed E-state index contributed by atoms with van der Waals surface area (Å²) in [6, 6.07) is 5.88. The van der Waals surface area contributed by atoms with E-state index in [1.165, 1.54) is 24.3 Å². The number of aliphatic hydroxyl groups is 2. The van der Waals surface area contributed by atoms with E-state index >= 15 is 0 Å². The minimum Gasteiger partial charge on any atom is -0.479 e. The highest BCUT2D eigenvalue weighted by molar-refractivity contribution is 6.30. The summed E-state index contributed by atoms with van der Waals surface area (Å²) in [4.78, 5) is 11.5. The monoisotopic (exact) mass is 270 g/mol. The van der Waals surface area contributed by atoms with Crippen molar-refractivity contribution in [3.63, 3.8) is 0 Å². The van der Waals surface area contributed by atoms with Crippen molar-refractivity contribution in [2.45, 2.75) is 36.9 Å². The summed E-state index contributed by atoms with van der Waals surface area (Å²) >= 11 is 5.74. The van der Waals surface area contributed by atoms with Crippen LogP contribution in [0.5, 0.6) is 0 Å². The topological polar surface area (TPSA) is 77.8 Å². The Labute approximate surface area is 110 Å². The molecule has 5 heteroatoms. The predicted octanol–water partition coefficient (Wildman–Crippen LogP) is 1.92. The first-order chi connectivity index (χ1) is 8.40. The number of carbonyl (C=O) groups is 1. The summed E-state index contributed by atoms with van der Waals surface area (Å²) in [5.74, 6) is -1.44. The standard InChI is InChI=1S/C13H15ClO4/c14-10-5-3-9(4-6-10)13(18,11(15)16)12(17)7-1-2-8-12/h3-6,17-18H,1-2,7-8H2,(H,15,16)/t13-/m0/s1. The highest BCUT2D eigenvalue weighted by Gasteiger charge is 2.57. The lowest BCUT2D eigenvalue weighted by molar-refractivity contribution is -0.195. The van der Waals surface area contributed by atoms with Crippen LogP contribution in [0.1, 0.15) is 31.2 Å². The Morgan fingerprint density at radius 2 is 1.72 bits per heavy atom. The van der Waals surface area contributed by atoms with Gasteiger partial charge in [0.05, 0.1) is 0 Å². The van der Waals surface area contributed by atoms with E-state index in [1.807, 2.05) is 0 Å². The molecule has 1 aliphatic carbocycles. The molecule has 4 nitrogen and oxygen atoms in total. The SMILES string of the molecule is O=C(O)[C@@](O)(c1ccc(Cl)cc1)C1(O)CCCC1. The number of aliphatic carboxylic acids is 1. The first-order valence-corrected chi connectivity index (χ1v) is 6.22. The lowest BCUT2D eigenvalue weighted by atomic mass is 9.76. The van der Waals surface area contributed by atoms with E-state index < -0.39 is 17.2 Å². The Hall–Kier alpha value is -1.10. The van der Waals surface area contributed by atoms with Crippen molar-refractivity contribution >= 4 is 17.6 Å². The molecule has 3 N–H and O–H groups in total. The second-order valence-corrected chi connectivity index (χ2v) is 5.20. The van der Waals surface area contributed by atoms with Crippen LogP contribution in [0, 0.1) is 0 Å². The van der Waals surface area contributed by atoms with Crippen molar-refractivity contribution in [1.82, 2.24) is 0 Å². The predicted molar refractivity (Wildman–Crippen MR) is 66.4 cm³/mol. The summed E-state index contributed by atoms with van der Waals surface area (Å²) in [5, 5.41) is 30.7. The molecule has 0 spiro atoms. The molecule has 1 saturated carbocycles. The molecule has 0 heterocycles. The molecule has 1 aromatic carbocycles. The van der Waals surface area contributed by atoms with Crippen LogP contribution in [-0.2, 0) is 10.4 Å². The van der Waals surface area contributed by atoms with Crippen LogP contribution in [0.3, 0.4) is 0 Å². The van der Waals surface area contributed by atoms with Gasteiger partial charge in [-0.25, -0.2) is 4.79 Å². The summed E-state index contributed by atoms with van der Waals surface area (Å²) < 4.78 is 0. The minimum absolute atomic E-state index is 0.156. The van der Waals surface area contributed by atoms with Gasteiger partial charge in [-0.15, -0.1) is 0 Å². The molecule has 1 aliphatic rings. The van der Waals surface area contributed by atoms with Crippen LogP contribution in [0.2, 0.25) is 5.02 Å². The van der Waals surface area contributed by atoms with Crippen LogP contribution < -0.4 is 0 Å². The summed E-state index contributed by atoms with van der Waals surface area (Å²) in [7, 11) is 0. The Kier molecular flexibility index (Phi) is 3.36. The molecule has 98 valence electrons. The van der Waals surface area contributed by atoms with Crippen LogP contribution in [-0.4, -0.2) is 26.9 Å². The molecule has 0 aromatic heterocycles. The van der Waals surface area contributed by atoms with E-state index in [-0.39, 0.29) is 18.4 Å². The zero-order valence-electron chi connectivity index (χ0n) is 9.77. The van der Waals surface area contributed by atoms with E-state index in [4.69, 9.17) is 11.6 Å². The van der Waals surface area contributed by atoms with Gasteiger partial charge in [-0.1, -0.05) is 36.6 Å². The van der Waals surface area contributed by atoms with Crippen molar-refractivity contribution in [2.24, 2.45) is 0 Å². The lowest BCUT2D eigenvalue weighted by Crippen LogP contribution is -2.55. The maximum atomic E-state index is 11.5. The average molecular weight is 271 g/mol. The Morgan fingerprint density at radius 3 is 2.17 bits per heavy atom. The van der Waals surface area contributed by atoms with Gasteiger partial charge in [0, 0.05) is 5.02 Å². The Bertz CT molecular complexity index is 451. The maximum Gasteiger partial charge on any atom is 0.343 e. The molecular weight excluding hydrogens is 256 g/mol. The Morgan fingerprint density at radius 1 is 1.22 bits per heavy atom. The van der Waals surface area contributed by atoms with Crippen molar-refractivity contribution < 1.29 is 20.1 Å². The van der Waals surface area contributed by atoms with E-state index in [0.29, 0.717) is 17.9 Å². The second kappa shape index (κ2) is 4.53. The van der Waals surface area contributed by atoms with E-state index in [9.17, 15) is 20.1 Å². The largest absolute Gasteiger partial charge is 0.479 e. The normalized spacial score (nSPS) is 21.5. The van der Waals surface area contributed by atoms with Gasteiger partial charge >= 0.3 is 5.97 Å². The number of carboxylic acid groups (broad SMARTS) is 1. The first kappa shape index (κ1) is 13.3. The van der Waals surface area contributed by atoms with Crippen LogP contribution >= 0.6 is 11.6 Å². The van der Waals surface area contributed by atoms with Crippen molar-refractivity contribution in [3.8, 4) is 0 Å². The molecule has 0 aliphatic heterocycles. The molecule has 0 radical (unpaired) electrons. The third kappa shape index (κ3) is 1.90. The molecule has 0 amide bonds. The quantitative estimate of drug-likeness (QED) is 0.784. The van der Waals surface area contributed by atoms with E-state index in [1.54, 1.807) is 0 Å². The second-order valence-electron chi connectivity index (χ2n) is 4.76. The van der Waals surface area contributed by atoms with Crippen LogP contribution in [0.4, 0.5) is 0 Å². The third-order valence-corrected chi connectivity index (χ3v) is 3.93. The molecular formula is C13H15ClO4. The van der Waals surface area contributed by atoms with Crippen molar-refractivity contribution in [2.75, 3.05) is 0 Å². The molecule has 1 atom stereocenters. The zero-order valence-corrected chi connectivity index (χ0v) is 10.5. The Balaban J connectivity index is 2.50. The molecule has 2 rings (SSSR count). The van der Waals surface area contributed by atoms with Crippen molar-refractivity contribution in [3.05, 3.63) is 34.9 Å². The number of rotatable bonds is 3. The van der Waals surface area contributed by atoms with Gasteiger partial charge in [-0.2, -0.15) is 0 Å². The molecule has 0 saturated heterocycles. The van der Waals surface area contributed by atoms with E-state index in [0.717, 1.165) is 0 Å². The molecule has 1 aromatic rings. The third-order valence-electron chi connectivity index (χ3n) is 3.68.